The number of hydrogen-bond donors (Lipinski definition) is 0. The molecule has 0 fully saturated rings. The van der Waals surface area contributed by atoms with Gasteiger partial charge in [0.05, 0.1) is 0 Å². The van der Waals surface area contributed by atoms with Crippen LogP contribution in [0.1, 0.15) is 27.2 Å². The van der Waals surface area contributed by atoms with Gasteiger partial charge in [0.15, 0.2) is 0 Å². The van der Waals surface area contributed by atoms with Crippen LogP contribution in [-0.2, 0) is 4.74 Å². The molecule has 0 aromatic heterocycles. The lowest BCUT2D eigenvalue weighted by atomic mass is 10.2. The van der Waals surface area contributed by atoms with Crippen molar-refractivity contribution in [3.63, 3.8) is 0 Å². The highest BCUT2D eigenvalue weighted by Gasteiger charge is 2.18. The first-order chi connectivity index (χ1) is 6.87. The number of hydrogen-bond acceptors (Lipinski definition) is 3. The monoisotopic (exact) mass is 214 g/mol. The topological polar surface area (TPSA) is 78.3 Å². The molecule has 0 aliphatic carbocycles. The number of ether oxygens (including phenoxy) is 1. The third-order valence-corrected chi connectivity index (χ3v) is 1.52. The summed E-state index contributed by atoms with van der Waals surface area (Å²) in [6, 6.07) is 0. The van der Waals surface area contributed by atoms with Gasteiger partial charge in [-0.25, -0.2) is 4.79 Å². The van der Waals surface area contributed by atoms with Crippen molar-refractivity contribution in [3.8, 4) is 0 Å². The van der Waals surface area contributed by atoms with Crippen molar-refractivity contribution in [3.05, 3.63) is 10.4 Å². The van der Waals surface area contributed by atoms with E-state index in [-0.39, 0.29) is 6.09 Å². The first-order valence-corrected chi connectivity index (χ1v) is 4.82. The second-order valence-electron chi connectivity index (χ2n) is 4.21. The quantitative estimate of drug-likeness (QED) is 0.312. The number of carbonyl (C=O) groups excluding carboxylic acids is 1. The molecule has 0 aromatic rings. The molecule has 0 N–H and O–H groups in total. The zero-order valence-corrected chi connectivity index (χ0v) is 9.73. The Hall–Kier alpha value is -1.42. The van der Waals surface area contributed by atoms with E-state index in [9.17, 15) is 4.79 Å². The van der Waals surface area contributed by atoms with Gasteiger partial charge >= 0.3 is 6.09 Å². The predicted octanol–water partition coefficient (Wildman–Crippen LogP) is 2.55. The molecule has 0 atom stereocenters. The third kappa shape index (κ3) is 7.64. The molecule has 0 aromatic carbocycles. The maximum Gasteiger partial charge on any atom is 0.410 e. The van der Waals surface area contributed by atoms with Crippen LogP contribution in [0.5, 0.6) is 0 Å². The average Bonchev–Trinajstić information content (AvgIpc) is 2.09. The van der Waals surface area contributed by atoms with Gasteiger partial charge in [0, 0.05) is 25.0 Å². The van der Waals surface area contributed by atoms with E-state index in [0.29, 0.717) is 19.5 Å². The Balaban J connectivity index is 3.84. The van der Waals surface area contributed by atoms with Crippen LogP contribution >= 0.6 is 0 Å². The van der Waals surface area contributed by atoms with Gasteiger partial charge < -0.3 is 9.64 Å². The Morgan fingerprint density at radius 1 is 1.53 bits per heavy atom. The number of rotatable bonds is 4. The molecule has 15 heavy (non-hydrogen) atoms. The molecule has 0 heterocycles. The lowest BCUT2D eigenvalue weighted by molar-refractivity contribution is 0.0298. The van der Waals surface area contributed by atoms with E-state index in [1.54, 1.807) is 7.05 Å². The van der Waals surface area contributed by atoms with E-state index in [1.807, 2.05) is 20.8 Å². The Labute approximate surface area is 89.8 Å². The van der Waals surface area contributed by atoms with Crippen LogP contribution in [0.3, 0.4) is 0 Å². The molecule has 0 spiro atoms. The molecule has 0 radical (unpaired) electrons. The largest absolute Gasteiger partial charge is 0.444 e. The fourth-order valence-corrected chi connectivity index (χ4v) is 0.854. The second-order valence-corrected chi connectivity index (χ2v) is 4.21. The summed E-state index contributed by atoms with van der Waals surface area (Å²) >= 11 is 0. The normalized spacial score (nSPS) is 10.4. The number of nitrogens with zero attached hydrogens (tertiary/aromatic N) is 4. The zero-order valence-electron chi connectivity index (χ0n) is 9.73. The number of amides is 1. The van der Waals surface area contributed by atoms with E-state index in [4.69, 9.17) is 10.3 Å². The summed E-state index contributed by atoms with van der Waals surface area (Å²) < 4.78 is 5.14. The fourth-order valence-electron chi connectivity index (χ4n) is 0.854. The van der Waals surface area contributed by atoms with Gasteiger partial charge in [-0.1, -0.05) is 5.11 Å². The third-order valence-electron chi connectivity index (χ3n) is 1.52. The molecule has 6 heteroatoms. The van der Waals surface area contributed by atoms with Crippen molar-refractivity contribution in [2.75, 3.05) is 20.1 Å². The van der Waals surface area contributed by atoms with E-state index in [1.165, 1.54) is 4.90 Å². The van der Waals surface area contributed by atoms with Crippen molar-refractivity contribution >= 4 is 6.09 Å². The smallest absolute Gasteiger partial charge is 0.410 e. The highest BCUT2D eigenvalue weighted by Crippen LogP contribution is 2.09. The Kier molecular flexibility index (Phi) is 5.56. The Bertz CT molecular complexity index is 253. The van der Waals surface area contributed by atoms with Crippen LogP contribution in [0.25, 0.3) is 10.4 Å². The summed E-state index contributed by atoms with van der Waals surface area (Å²) in [5.74, 6) is 0. The minimum atomic E-state index is -0.476. The van der Waals surface area contributed by atoms with Crippen molar-refractivity contribution in [1.82, 2.24) is 4.90 Å². The minimum absolute atomic E-state index is 0.358. The SMILES string of the molecule is CN(CCCN=[N+]=[N-])C(=O)OC(C)(C)C. The van der Waals surface area contributed by atoms with Crippen molar-refractivity contribution in [2.45, 2.75) is 32.8 Å². The molecule has 86 valence electrons. The first-order valence-electron chi connectivity index (χ1n) is 4.82. The number of azide groups is 1. The maximum atomic E-state index is 11.4. The van der Waals surface area contributed by atoms with Crippen molar-refractivity contribution in [1.29, 1.82) is 0 Å². The van der Waals surface area contributed by atoms with Crippen LogP contribution in [0.4, 0.5) is 4.79 Å². The molecule has 0 bridgehead atoms. The molecule has 0 unspecified atom stereocenters. The van der Waals surface area contributed by atoms with Gasteiger partial charge in [-0.15, -0.1) is 0 Å². The van der Waals surface area contributed by atoms with Crippen LogP contribution in [-0.4, -0.2) is 36.7 Å². The van der Waals surface area contributed by atoms with E-state index in [2.05, 4.69) is 10.0 Å². The van der Waals surface area contributed by atoms with Crippen LogP contribution < -0.4 is 0 Å². The fraction of sp³-hybridized carbons (Fsp3) is 0.889. The van der Waals surface area contributed by atoms with Crippen LogP contribution in [0.15, 0.2) is 5.11 Å². The summed E-state index contributed by atoms with van der Waals surface area (Å²) in [6.07, 6.45) is 0.281. The predicted molar refractivity (Wildman–Crippen MR) is 57.5 cm³/mol. The molecule has 0 rings (SSSR count). The molecule has 0 saturated carbocycles. The van der Waals surface area contributed by atoms with Crippen LogP contribution in [0, 0.1) is 0 Å². The molecule has 0 saturated heterocycles. The highest BCUT2D eigenvalue weighted by molar-refractivity contribution is 5.67. The summed E-state index contributed by atoms with van der Waals surface area (Å²) in [6.45, 7) is 6.37. The summed E-state index contributed by atoms with van der Waals surface area (Å²) in [5, 5.41) is 3.38. The lowest BCUT2D eigenvalue weighted by Gasteiger charge is -2.24. The first kappa shape index (κ1) is 13.6. The molecular formula is C9H18N4O2. The molecule has 6 nitrogen and oxygen atoms in total. The standard InChI is InChI=1S/C9H18N4O2/c1-9(2,3)15-8(14)13(4)7-5-6-11-12-10/h5-7H2,1-4H3. The highest BCUT2D eigenvalue weighted by atomic mass is 16.6. The Morgan fingerprint density at radius 3 is 2.60 bits per heavy atom. The van der Waals surface area contributed by atoms with E-state index in [0.717, 1.165) is 0 Å². The Morgan fingerprint density at radius 2 is 2.13 bits per heavy atom. The summed E-state index contributed by atoms with van der Waals surface area (Å²) in [5.41, 5.74) is 7.57. The average molecular weight is 214 g/mol. The van der Waals surface area contributed by atoms with E-state index < -0.39 is 5.60 Å². The van der Waals surface area contributed by atoms with Crippen molar-refractivity contribution in [2.24, 2.45) is 5.11 Å². The van der Waals surface area contributed by atoms with E-state index >= 15 is 0 Å². The minimum Gasteiger partial charge on any atom is -0.444 e. The number of carbonyl (C=O) groups is 1. The molecule has 1 amide bonds. The van der Waals surface area contributed by atoms with Gasteiger partial charge in [0.1, 0.15) is 5.60 Å². The van der Waals surface area contributed by atoms with Gasteiger partial charge in [-0.3, -0.25) is 0 Å². The van der Waals surface area contributed by atoms with Gasteiger partial charge in [-0.05, 0) is 32.7 Å². The lowest BCUT2D eigenvalue weighted by Crippen LogP contribution is -2.34. The van der Waals surface area contributed by atoms with Gasteiger partial charge in [-0.2, -0.15) is 0 Å². The zero-order chi connectivity index (χ0) is 11.9. The van der Waals surface area contributed by atoms with Crippen LogP contribution in [0.2, 0.25) is 0 Å². The maximum absolute atomic E-state index is 11.4. The van der Waals surface area contributed by atoms with Gasteiger partial charge in [0.25, 0.3) is 0 Å². The van der Waals surface area contributed by atoms with Crippen molar-refractivity contribution < 1.29 is 9.53 Å². The summed E-state index contributed by atoms with van der Waals surface area (Å²) in [4.78, 5) is 15.5. The molecule has 0 aliphatic heterocycles. The molecule has 0 aliphatic rings. The summed E-state index contributed by atoms with van der Waals surface area (Å²) in [7, 11) is 1.66. The van der Waals surface area contributed by atoms with Gasteiger partial charge in [0.2, 0.25) is 0 Å². The molecular weight excluding hydrogens is 196 g/mol. The second kappa shape index (κ2) is 6.14.